The molecule has 1 aromatic rings. The quantitative estimate of drug-likeness (QED) is 0.822. The molecule has 1 fully saturated rings. The van der Waals surface area contributed by atoms with E-state index in [1.807, 2.05) is 0 Å². The van der Waals surface area contributed by atoms with Crippen molar-refractivity contribution >= 4 is 11.6 Å². The molecule has 1 N–H and O–H groups in total. The van der Waals surface area contributed by atoms with E-state index in [2.05, 4.69) is 23.8 Å². The molecule has 1 unspecified atom stereocenters. The third-order valence-electron chi connectivity index (χ3n) is 2.53. The van der Waals surface area contributed by atoms with Gasteiger partial charge in [-0.15, -0.1) is 0 Å². The smallest absolute Gasteiger partial charge is 0.200 e. The van der Waals surface area contributed by atoms with E-state index in [0.717, 1.165) is 30.8 Å². The number of aromatic nitrogens is 2. The van der Waals surface area contributed by atoms with Gasteiger partial charge in [-0.05, 0) is 30.4 Å². The van der Waals surface area contributed by atoms with Gasteiger partial charge in [0.1, 0.15) is 0 Å². The molecular weight excluding hydrogens is 200 g/mol. The van der Waals surface area contributed by atoms with E-state index in [9.17, 15) is 0 Å². The van der Waals surface area contributed by atoms with Crippen molar-refractivity contribution in [3.05, 3.63) is 16.7 Å². The van der Waals surface area contributed by atoms with Gasteiger partial charge in [-0.1, -0.05) is 13.8 Å². The number of halogens is 1. The maximum Gasteiger partial charge on any atom is 0.200 e. The zero-order chi connectivity index (χ0) is 10.1. The highest BCUT2D eigenvalue weighted by molar-refractivity contribution is 6.28. The molecule has 0 aromatic carbocycles. The molecule has 1 atom stereocenters. The van der Waals surface area contributed by atoms with Crippen LogP contribution in [0.25, 0.3) is 0 Å². The third-order valence-corrected chi connectivity index (χ3v) is 2.71. The highest BCUT2D eigenvalue weighted by atomic mass is 35.5. The first-order valence-corrected chi connectivity index (χ1v) is 5.43. The SMILES string of the molecule is CC(C)c1nc(Cl)[nH]c1C1CCCO1. The summed E-state index contributed by atoms with van der Waals surface area (Å²) in [7, 11) is 0. The Morgan fingerprint density at radius 1 is 1.57 bits per heavy atom. The summed E-state index contributed by atoms with van der Waals surface area (Å²) in [5.74, 6) is 0.387. The Morgan fingerprint density at radius 2 is 2.36 bits per heavy atom. The number of hydrogen-bond donors (Lipinski definition) is 1. The van der Waals surface area contributed by atoms with E-state index in [0.29, 0.717) is 11.2 Å². The predicted molar refractivity (Wildman–Crippen MR) is 55.6 cm³/mol. The Hall–Kier alpha value is -0.540. The van der Waals surface area contributed by atoms with Crippen LogP contribution in [0.1, 0.15) is 50.1 Å². The number of aromatic amines is 1. The largest absolute Gasteiger partial charge is 0.372 e. The minimum Gasteiger partial charge on any atom is -0.372 e. The number of ether oxygens (including phenoxy) is 1. The lowest BCUT2D eigenvalue weighted by Gasteiger charge is -2.10. The molecule has 1 aliphatic heterocycles. The molecular formula is C10H15ClN2O. The highest BCUT2D eigenvalue weighted by Crippen LogP contribution is 2.32. The summed E-state index contributed by atoms with van der Waals surface area (Å²) < 4.78 is 5.61. The fourth-order valence-corrected chi connectivity index (χ4v) is 2.05. The van der Waals surface area contributed by atoms with E-state index in [1.54, 1.807) is 0 Å². The fourth-order valence-electron chi connectivity index (χ4n) is 1.86. The standard InChI is InChI=1S/C10H15ClN2O/c1-6(2)8-9(13-10(11)12-8)7-4-3-5-14-7/h6-7H,3-5H2,1-2H3,(H,12,13). The van der Waals surface area contributed by atoms with E-state index in [1.165, 1.54) is 0 Å². The van der Waals surface area contributed by atoms with Crippen molar-refractivity contribution in [3.63, 3.8) is 0 Å². The first-order valence-electron chi connectivity index (χ1n) is 5.05. The van der Waals surface area contributed by atoms with Crippen LogP contribution in [-0.4, -0.2) is 16.6 Å². The van der Waals surface area contributed by atoms with Gasteiger partial charge in [-0.2, -0.15) is 0 Å². The normalized spacial score (nSPS) is 22.1. The van der Waals surface area contributed by atoms with Gasteiger partial charge >= 0.3 is 0 Å². The molecule has 14 heavy (non-hydrogen) atoms. The first-order chi connectivity index (χ1) is 6.68. The van der Waals surface area contributed by atoms with Crippen LogP contribution in [0.4, 0.5) is 0 Å². The lowest BCUT2D eigenvalue weighted by atomic mass is 10.0. The molecule has 4 heteroatoms. The Kier molecular flexibility index (Phi) is 2.79. The van der Waals surface area contributed by atoms with E-state index >= 15 is 0 Å². The number of rotatable bonds is 2. The monoisotopic (exact) mass is 214 g/mol. The molecule has 0 bridgehead atoms. The van der Waals surface area contributed by atoms with Gasteiger partial charge in [0.05, 0.1) is 17.5 Å². The van der Waals surface area contributed by atoms with Crippen LogP contribution in [-0.2, 0) is 4.74 Å². The van der Waals surface area contributed by atoms with Crippen molar-refractivity contribution in [1.82, 2.24) is 9.97 Å². The number of nitrogens with one attached hydrogen (secondary N) is 1. The summed E-state index contributed by atoms with van der Waals surface area (Å²) in [5.41, 5.74) is 2.12. The van der Waals surface area contributed by atoms with Crippen molar-refractivity contribution in [2.45, 2.75) is 38.7 Å². The maximum absolute atomic E-state index is 5.87. The van der Waals surface area contributed by atoms with Gasteiger partial charge in [0.15, 0.2) is 0 Å². The molecule has 2 heterocycles. The number of hydrogen-bond acceptors (Lipinski definition) is 2. The van der Waals surface area contributed by atoms with Gasteiger partial charge in [-0.3, -0.25) is 0 Å². The van der Waals surface area contributed by atoms with E-state index in [4.69, 9.17) is 16.3 Å². The van der Waals surface area contributed by atoms with Crippen LogP contribution in [0, 0.1) is 0 Å². The average molecular weight is 215 g/mol. The second-order valence-corrected chi connectivity index (χ2v) is 4.34. The van der Waals surface area contributed by atoms with Gasteiger partial charge in [0, 0.05) is 6.61 Å². The van der Waals surface area contributed by atoms with Gasteiger partial charge in [0.25, 0.3) is 0 Å². The Balaban J connectivity index is 2.30. The molecule has 0 radical (unpaired) electrons. The Labute approximate surface area is 88.8 Å². The molecule has 78 valence electrons. The second-order valence-electron chi connectivity index (χ2n) is 3.98. The topological polar surface area (TPSA) is 37.9 Å². The van der Waals surface area contributed by atoms with Crippen molar-refractivity contribution in [1.29, 1.82) is 0 Å². The lowest BCUT2D eigenvalue weighted by molar-refractivity contribution is 0.108. The van der Waals surface area contributed by atoms with Crippen LogP contribution in [0.2, 0.25) is 5.28 Å². The summed E-state index contributed by atoms with van der Waals surface area (Å²) in [6.45, 7) is 5.08. The summed E-state index contributed by atoms with van der Waals surface area (Å²) in [6.07, 6.45) is 2.37. The molecule has 0 aliphatic carbocycles. The molecule has 3 nitrogen and oxygen atoms in total. The minimum absolute atomic E-state index is 0.174. The molecule has 0 spiro atoms. The summed E-state index contributed by atoms with van der Waals surface area (Å²) in [4.78, 5) is 7.38. The molecule has 0 amide bonds. The molecule has 1 saturated heterocycles. The summed E-state index contributed by atoms with van der Waals surface area (Å²) in [6, 6.07) is 0. The van der Waals surface area contributed by atoms with Crippen molar-refractivity contribution in [2.24, 2.45) is 0 Å². The first kappa shape index (κ1) is 9.99. The van der Waals surface area contributed by atoms with Crippen molar-refractivity contribution in [3.8, 4) is 0 Å². The van der Waals surface area contributed by atoms with E-state index < -0.39 is 0 Å². The predicted octanol–water partition coefficient (Wildman–Crippen LogP) is 3.04. The Bertz CT molecular complexity index is 316. The van der Waals surface area contributed by atoms with Crippen LogP contribution in [0.5, 0.6) is 0 Å². The highest BCUT2D eigenvalue weighted by Gasteiger charge is 2.24. The van der Waals surface area contributed by atoms with E-state index in [-0.39, 0.29) is 6.10 Å². The maximum atomic E-state index is 5.87. The number of H-pyrrole nitrogens is 1. The zero-order valence-electron chi connectivity index (χ0n) is 8.51. The molecule has 0 saturated carbocycles. The summed E-state index contributed by atoms with van der Waals surface area (Å²) in [5, 5.41) is 0.471. The number of imidazole rings is 1. The average Bonchev–Trinajstić information content (AvgIpc) is 2.70. The molecule has 1 aromatic heterocycles. The Morgan fingerprint density at radius 3 is 2.93 bits per heavy atom. The lowest BCUT2D eigenvalue weighted by Crippen LogP contribution is -2.02. The molecule has 2 rings (SSSR count). The van der Waals surface area contributed by atoms with Crippen LogP contribution in [0.3, 0.4) is 0 Å². The minimum atomic E-state index is 0.174. The van der Waals surface area contributed by atoms with Gasteiger partial charge in [0.2, 0.25) is 5.28 Å². The van der Waals surface area contributed by atoms with Gasteiger partial charge in [-0.25, -0.2) is 4.98 Å². The van der Waals surface area contributed by atoms with Crippen molar-refractivity contribution < 1.29 is 4.74 Å². The molecule has 1 aliphatic rings. The number of nitrogens with zero attached hydrogens (tertiary/aromatic N) is 1. The van der Waals surface area contributed by atoms with Crippen LogP contribution in [0.15, 0.2) is 0 Å². The zero-order valence-corrected chi connectivity index (χ0v) is 9.27. The third kappa shape index (κ3) is 1.79. The van der Waals surface area contributed by atoms with Gasteiger partial charge < -0.3 is 9.72 Å². The summed E-state index contributed by atoms with van der Waals surface area (Å²) >= 11 is 5.87. The van der Waals surface area contributed by atoms with Crippen LogP contribution >= 0.6 is 11.6 Å². The fraction of sp³-hybridized carbons (Fsp3) is 0.700. The van der Waals surface area contributed by atoms with Crippen molar-refractivity contribution in [2.75, 3.05) is 6.61 Å². The second kappa shape index (κ2) is 3.91. The van der Waals surface area contributed by atoms with Crippen LogP contribution < -0.4 is 0 Å².